The predicted molar refractivity (Wildman–Crippen MR) is 190 cm³/mol. The summed E-state index contributed by atoms with van der Waals surface area (Å²) in [6, 6.07) is 20.9. The number of aryl methyl sites for hydroxylation is 2. The molecule has 0 fully saturated rings. The van der Waals surface area contributed by atoms with E-state index in [1.165, 1.54) is 46.6 Å². The quantitative estimate of drug-likeness (QED) is 0.212. The zero-order valence-corrected chi connectivity index (χ0v) is 32.6. The first-order valence-corrected chi connectivity index (χ1v) is 17.4. The average Bonchev–Trinajstić information content (AvgIpc) is 3.43. The molecule has 0 saturated carbocycles. The second-order valence-corrected chi connectivity index (χ2v) is 15.5. The van der Waals surface area contributed by atoms with Gasteiger partial charge >= 0.3 is 0 Å². The standard InChI is InChI=1S/C24H23N2.C17H36O2.Ir/c1-24(2)18-10-4-5-13-22(18)26(3)23-17(9-7-11-19(23)24)21-15-14-16-8-6-12-20(16)25-21;1-10(2)16(11(3)4)14(18)9-15(19)17(12(5)6)13(7)8;/h4-5,7,10-11,13-15H,6,8,12H2,1-3H3;10-19H,9H2,1-8H3;/q-1;;. The number of aromatic nitrogens is 1. The van der Waals surface area contributed by atoms with Gasteiger partial charge in [-0.15, -0.1) is 23.8 Å². The molecule has 255 valence electrons. The Kier molecular flexibility index (Phi) is 13.3. The molecule has 1 radical (unpaired) electrons. The van der Waals surface area contributed by atoms with Crippen LogP contribution in [0.2, 0.25) is 0 Å². The molecule has 3 aromatic rings. The number of hydrogen-bond donors (Lipinski definition) is 2. The molecule has 1 aromatic heterocycles. The summed E-state index contributed by atoms with van der Waals surface area (Å²) in [6.07, 6.45) is 3.18. The van der Waals surface area contributed by atoms with Gasteiger partial charge in [-0.1, -0.05) is 105 Å². The van der Waals surface area contributed by atoms with Crippen LogP contribution in [0.25, 0.3) is 11.3 Å². The largest absolute Gasteiger partial charge is 0.393 e. The summed E-state index contributed by atoms with van der Waals surface area (Å²) in [5, 5.41) is 20.9. The fraction of sp³-hybridized carbons (Fsp3) is 0.585. The molecule has 2 aromatic carbocycles. The molecule has 2 heterocycles. The molecule has 0 spiro atoms. The fourth-order valence-corrected chi connectivity index (χ4v) is 8.54. The van der Waals surface area contributed by atoms with Gasteiger partial charge in [0.05, 0.1) is 12.2 Å². The van der Waals surface area contributed by atoms with Crippen LogP contribution in [0.5, 0.6) is 0 Å². The van der Waals surface area contributed by atoms with E-state index in [1.807, 2.05) is 0 Å². The molecule has 4 nitrogen and oxygen atoms in total. The van der Waals surface area contributed by atoms with Crippen LogP contribution in [0.3, 0.4) is 0 Å². The molecule has 2 unspecified atom stereocenters. The van der Waals surface area contributed by atoms with Gasteiger partial charge in [-0.05, 0) is 89.8 Å². The van der Waals surface area contributed by atoms with E-state index in [-0.39, 0.29) is 37.4 Å². The molecule has 2 aliphatic rings. The monoisotopic (exact) mass is 804 g/mol. The van der Waals surface area contributed by atoms with Crippen molar-refractivity contribution in [1.29, 1.82) is 0 Å². The van der Waals surface area contributed by atoms with Crippen molar-refractivity contribution in [3.8, 4) is 11.3 Å². The second kappa shape index (κ2) is 15.9. The number of fused-ring (bicyclic) bond motifs is 3. The molecule has 2 N–H and O–H groups in total. The van der Waals surface area contributed by atoms with E-state index in [9.17, 15) is 10.2 Å². The van der Waals surface area contributed by atoms with E-state index >= 15 is 0 Å². The van der Waals surface area contributed by atoms with Gasteiger partial charge < -0.3 is 20.1 Å². The summed E-state index contributed by atoms with van der Waals surface area (Å²) >= 11 is 0. The first-order valence-electron chi connectivity index (χ1n) is 17.4. The number of hydrogen-bond acceptors (Lipinski definition) is 4. The molecule has 1 aliphatic carbocycles. The Labute approximate surface area is 293 Å². The minimum Gasteiger partial charge on any atom is -0.393 e. The van der Waals surface area contributed by atoms with E-state index in [4.69, 9.17) is 4.98 Å². The fourth-order valence-electron chi connectivity index (χ4n) is 8.54. The maximum atomic E-state index is 10.5. The van der Waals surface area contributed by atoms with Crippen molar-refractivity contribution in [2.75, 3.05) is 11.9 Å². The Morgan fingerprint density at radius 1 is 0.783 bits per heavy atom. The van der Waals surface area contributed by atoms with Gasteiger partial charge in [0, 0.05) is 43.9 Å². The summed E-state index contributed by atoms with van der Waals surface area (Å²) in [5.41, 5.74) is 10.0. The number of pyridine rings is 1. The number of anilines is 2. The van der Waals surface area contributed by atoms with Crippen molar-refractivity contribution in [2.24, 2.45) is 35.5 Å². The molecule has 1 aliphatic heterocycles. The van der Waals surface area contributed by atoms with E-state index < -0.39 is 12.2 Å². The second-order valence-electron chi connectivity index (χ2n) is 15.5. The topological polar surface area (TPSA) is 56.6 Å². The maximum absolute atomic E-state index is 10.5. The number of para-hydroxylation sites is 1. The molecule has 0 saturated heterocycles. The average molecular weight is 804 g/mol. The summed E-state index contributed by atoms with van der Waals surface area (Å²) in [5.74, 6) is 2.29. The summed E-state index contributed by atoms with van der Waals surface area (Å²) < 4.78 is 0. The number of aliphatic hydroxyl groups excluding tert-OH is 2. The van der Waals surface area contributed by atoms with E-state index in [1.54, 1.807) is 0 Å². The van der Waals surface area contributed by atoms with Crippen molar-refractivity contribution in [3.63, 3.8) is 0 Å². The first kappa shape index (κ1) is 38.4. The van der Waals surface area contributed by atoms with Crippen LogP contribution in [-0.4, -0.2) is 34.5 Å². The molecular formula is C41H59IrN2O2-. The number of aliphatic hydroxyl groups is 2. The van der Waals surface area contributed by atoms with Crippen LogP contribution in [0.4, 0.5) is 11.4 Å². The zero-order valence-electron chi connectivity index (χ0n) is 30.2. The molecule has 5 heteroatoms. The Morgan fingerprint density at radius 2 is 1.35 bits per heavy atom. The SMILES string of the molecule is CC(C)C(C(C)C)C(O)CC(O)C(C(C)C)C(C)C.CN1c2ccccc2C(C)(C)c2cc[c-]c(-c3ccc4c(n3)CCC4)c21.[Ir]. The third kappa shape index (κ3) is 7.97. The molecule has 46 heavy (non-hydrogen) atoms. The van der Waals surface area contributed by atoms with E-state index in [0.717, 1.165) is 17.7 Å². The van der Waals surface area contributed by atoms with Gasteiger partial charge in [0.25, 0.3) is 0 Å². The van der Waals surface area contributed by atoms with E-state index in [0.29, 0.717) is 30.1 Å². The smallest absolute Gasteiger partial charge is 0.0598 e. The molecule has 2 atom stereocenters. The van der Waals surface area contributed by atoms with Crippen LogP contribution in [-0.2, 0) is 38.4 Å². The summed E-state index contributed by atoms with van der Waals surface area (Å²) in [7, 11) is 2.16. The van der Waals surface area contributed by atoms with Gasteiger partial charge in [0.2, 0.25) is 0 Å². The Bertz CT molecular complexity index is 1390. The van der Waals surface area contributed by atoms with Crippen LogP contribution >= 0.6 is 0 Å². The molecular weight excluding hydrogens is 745 g/mol. The first-order chi connectivity index (χ1) is 21.2. The number of nitrogens with zero attached hydrogens (tertiary/aromatic N) is 2. The normalized spacial score (nSPS) is 16.3. The van der Waals surface area contributed by atoms with E-state index in [2.05, 4.69) is 136 Å². The van der Waals surface area contributed by atoms with Gasteiger partial charge in [0.1, 0.15) is 0 Å². The third-order valence-electron chi connectivity index (χ3n) is 10.6. The van der Waals surface area contributed by atoms with Crippen molar-refractivity contribution in [1.82, 2.24) is 4.98 Å². The molecule has 5 rings (SSSR count). The summed E-state index contributed by atoms with van der Waals surface area (Å²) in [6.45, 7) is 21.9. The Hall–Kier alpha value is -2.04. The van der Waals surface area contributed by atoms with Crippen LogP contribution in [0.1, 0.15) is 104 Å². The van der Waals surface area contributed by atoms with Gasteiger partial charge in [-0.25, -0.2) is 0 Å². The zero-order chi connectivity index (χ0) is 33.2. The van der Waals surface area contributed by atoms with Crippen molar-refractivity contribution >= 4 is 11.4 Å². The molecule has 0 amide bonds. The predicted octanol–water partition coefficient (Wildman–Crippen LogP) is 9.40. The van der Waals surface area contributed by atoms with Crippen molar-refractivity contribution in [2.45, 2.75) is 113 Å². The van der Waals surface area contributed by atoms with Crippen molar-refractivity contribution in [3.05, 3.63) is 77.0 Å². The van der Waals surface area contributed by atoms with Gasteiger partial charge in [0.15, 0.2) is 0 Å². The van der Waals surface area contributed by atoms with Gasteiger partial charge in [-0.3, -0.25) is 0 Å². The maximum Gasteiger partial charge on any atom is 0.0598 e. The van der Waals surface area contributed by atoms with Crippen LogP contribution in [0.15, 0.2) is 48.5 Å². The van der Waals surface area contributed by atoms with Crippen LogP contribution in [0, 0.1) is 41.6 Å². The minimum atomic E-state index is -0.407. The van der Waals surface area contributed by atoms with Crippen molar-refractivity contribution < 1.29 is 30.3 Å². The number of benzene rings is 2. The minimum absolute atomic E-state index is 0. The summed E-state index contributed by atoms with van der Waals surface area (Å²) in [4.78, 5) is 7.33. The third-order valence-corrected chi connectivity index (χ3v) is 10.6. The Balaban J connectivity index is 0.000000260. The molecule has 0 bridgehead atoms. The van der Waals surface area contributed by atoms with Crippen LogP contribution < -0.4 is 4.90 Å². The number of rotatable bonds is 9. The Morgan fingerprint density at radius 3 is 1.91 bits per heavy atom. The van der Waals surface area contributed by atoms with Gasteiger partial charge in [-0.2, -0.15) is 0 Å².